The SMILES string of the molecule is CCCC1(C(=O)O)CCCN1C(=O)c1cc(O)cc(O)c1. The van der Waals surface area contributed by atoms with Crippen LogP contribution in [0.2, 0.25) is 0 Å². The van der Waals surface area contributed by atoms with Gasteiger partial charge in [0.15, 0.2) is 0 Å². The third kappa shape index (κ3) is 2.66. The highest BCUT2D eigenvalue weighted by Crippen LogP contribution is 2.36. The van der Waals surface area contributed by atoms with E-state index in [4.69, 9.17) is 0 Å². The molecule has 6 nitrogen and oxygen atoms in total. The lowest BCUT2D eigenvalue weighted by molar-refractivity contribution is -0.148. The van der Waals surface area contributed by atoms with Crippen molar-refractivity contribution in [3.63, 3.8) is 0 Å². The van der Waals surface area contributed by atoms with Crippen LogP contribution >= 0.6 is 0 Å². The topological polar surface area (TPSA) is 98.1 Å². The number of likely N-dealkylation sites (tertiary alicyclic amines) is 1. The maximum absolute atomic E-state index is 12.6. The molecule has 0 aromatic heterocycles. The quantitative estimate of drug-likeness (QED) is 0.788. The molecular formula is C15H19NO5. The average molecular weight is 293 g/mol. The first-order valence-electron chi connectivity index (χ1n) is 6.99. The van der Waals surface area contributed by atoms with Crippen LogP contribution in [0.15, 0.2) is 18.2 Å². The van der Waals surface area contributed by atoms with Crippen molar-refractivity contribution in [1.29, 1.82) is 0 Å². The van der Waals surface area contributed by atoms with E-state index in [9.17, 15) is 24.9 Å². The van der Waals surface area contributed by atoms with Crippen LogP contribution in [-0.4, -0.2) is 44.2 Å². The fourth-order valence-electron chi connectivity index (χ4n) is 3.05. The molecular weight excluding hydrogens is 274 g/mol. The third-order valence-corrected chi connectivity index (χ3v) is 3.95. The Morgan fingerprint density at radius 1 is 1.24 bits per heavy atom. The number of carboxylic acids is 1. The first-order chi connectivity index (χ1) is 9.90. The normalized spacial score (nSPS) is 21.5. The molecule has 114 valence electrons. The molecule has 0 saturated carbocycles. The van der Waals surface area contributed by atoms with Crippen LogP contribution in [0.1, 0.15) is 43.0 Å². The summed E-state index contributed by atoms with van der Waals surface area (Å²) in [5.74, 6) is -1.93. The second kappa shape index (κ2) is 5.63. The van der Waals surface area contributed by atoms with E-state index in [2.05, 4.69) is 0 Å². The Hall–Kier alpha value is -2.24. The van der Waals surface area contributed by atoms with Crippen molar-refractivity contribution in [1.82, 2.24) is 4.90 Å². The number of hydrogen-bond donors (Lipinski definition) is 3. The molecule has 1 saturated heterocycles. The largest absolute Gasteiger partial charge is 0.508 e. The summed E-state index contributed by atoms with van der Waals surface area (Å²) in [4.78, 5) is 25.6. The number of amides is 1. The number of phenols is 2. The van der Waals surface area contributed by atoms with E-state index in [-0.39, 0.29) is 17.1 Å². The standard InChI is InChI=1S/C15H19NO5/c1-2-4-15(14(20)21)5-3-6-16(15)13(19)10-7-11(17)9-12(18)8-10/h7-9,17-18H,2-6H2,1H3,(H,20,21). The van der Waals surface area contributed by atoms with Crippen LogP contribution in [0, 0.1) is 0 Å². The second-order valence-corrected chi connectivity index (χ2v) is 5.39. The van der Waals surface area contributed by atoms with Gasteiger partial charge in [-0.3, -0.25) is 4.79 Å². The van der Waals surface area contributed by atoms with Gasteiger partial charge in [0.25, 0.3) is 5.91 Å². The van der Waals surface area contributed by atoms with Gasteiger partial charge < -0.3 is 20.2 Å². The van der Waals surface area contributed by atoms with Crippen LogP contribution in [0.4, 0.5) is 0 Å². The van der Waals surface area contributed by atoms with Crippen molar-refractivity contribution >= 4 is 11.9 Å². The van der Waals surface area contributed by atoms with Gasteiger partial charge >= 0.3 is 5.97 Å². The summed E-state index contributed by atoms with van der Waals surface area (Å²) in [5, 5.41) is 28.5. The lowest BCUT2D eigenvalue weighted by Gasteiger charge is -2.34. The van der Waals surface area contributed by atoms with Crippen LogP contribution in [-0.2, 0) is 4.79 Å². The number of carbonyl (C=O) groups excluding carboxylic acids is 1. The number of carboxylic acid groups (broad SMARTS) is 1. The highest BCUT2D eigenvalue weighted by Gasteiger charge is 2.49. The second-order valence-electron chi connectivity index (χ2n) is 5.39. The van der Waals surface area contributed by atoms with E-state index in [1.165, 1.54) is 17.0 Å². The molecule has 1 fully saturated rings. The summed E-state index contributed by atoms with van der Waals surface area (Å²) in [7, 11) is 0. The van der Waals surface area contributed by atoms with Crippen molar-refractivity contribution in [2.45, 2.75) is 38.1 Å². The smallest absolute Gasteiger partial charge is 0.329 e. The summed E-state index contributed by atoms with van der Waals surface area (Å²) >= 11 is 0. The lowest BCUT2D eigenvalue weighted by Crippen LogP contribution is -2.53. The Morgan fingerprint density at radius 2 is 1.86 bits per heavy atom. The molecule has 1 amide bonds. The third-order valence-electron chi connectivity index (χ3n) is 3.95. The average Bonchev–Trinajstić information content (AvgIpc) is 2.82. The molecule has 21 heavy (non-hydrogen) atoms. The molecule has 1 atom stereocenters. The molecule has 2 rings (SSSR count). The Bertz CT molecular complexity index is 551. The molecule has 3 N–H and O–H groups in total. The molecule has 0 aliphatic carbocycles. The number of phenolic OH excluding ortho intramolecular Hbond substituents is 2. The van der Waals surface area contributed by atoms with Gasteiger partial charge in [-0.25, -0.2) is 4.79 Å². The van der Waals surface area contributed by atoms with Gasteiger partial charge in [0, 0.05) is 18.2 Å². The lowest BCUT2D eigenvalue weighted by atomic mass is 9.90. The van der Waals surface area contributed by atoms with Crippen LogP contribution in [0.3, 0.4) is 0 Å². The Kier molecular flexibility index (Phi) is 4.06. The summed E-state index contributed by atoms with van der Waals surface area (Å²) in [6, 6.07) is 3.59. The summed E-state index contributed by atoms with van der Waals surface area (Å²) in [6.45, 7) is 2.24. The molecule has 1 aliphatic rings. The maximum Gasteiger partial charge on any atom is 0.329 e. The molecule has 0 bridgehead atoms. The first-order valence-corrected chi connectivity index (χ1v) is 6.99. The fourth-order valence-corrected chi connectivity index (χ4v) is 3.05. The van der Waals surface area contributed by atoms with Gasteiger partial charge in [-0.2, -0.15) is 0 Å². The number of carbonyl (C=O) groups is 2. The van der Waals surface area contributed by atoms with Gasteiger partial charge in [0.2, 0.25) is 0 Å². The summed E-state index contributed by atoms with van der Waals surface area (Å²) < 4.78 is 0. The Labute approximate surface area is 122 Å². The molecule has 0 radical (unpaired) electrons. The van der Waals surface area contributed by atoms with Crippen molar-refractivity contribution in [2.75, 3.05) is 6.54 Å². The van der Waals surface area contributed by atoms with E-state index in [0.29, 0.717) is 32.2 Å². The number of rotatable bonds is 4. The molecule has 1 aromatic carbocycles. The predicted octanol–water partition coefficient (Wildman–Crippen LogP) is 1.96. The highest BCUT2D eigenvalue weighted by atomic mass is 16.4. The summed E-state index contributed by atoms with van der Waals surface area (Å²) in [5.41, 5.74) is -1.09. The minimum absolute atomic E-state index is 0.0936. The number of aliphatic carboxylic acids is 1. The monoisotopic (exact) mass is 293 g/mol. The Balaban J connectivity index is 2.38. The predicted molar refractivity (Wildman–Crippen MR) is 75.3 cm³/mol. The van der Waals surface area contributed by atoms with Crippen molar-refractivity contribution < 1.29 is 24.9 Å². The molecule has 6 heteroatoms. The van der Waals surface area contributed by atoms with Crippen molar-refractivity contribution in [3.8, 4) is 11.5 Å². The van der Waals surface area contributed by atoms with Crippen molar-refractivity contribution in [3.05, 3.63) is 23.8 Å². The highest BCUT2D eigenvalue weighted by molar-refractivity contribution is 5.99. The van der Waals surface area contributed by atoms with Crippen LogP contribution < -0.4 is 0 Å². The van der Waals surface area contributed by atoms with Gasteiger partial charge in [-0.1, -0.05) is 13.3 Å². The number of benzene rings is 1. The number of hydrogen-bond acceptors (Lipinski definition) is 4. The van der Waals surface area contributed by atoms with Crippen LogP contribution in [0.25, 0.3) is 0 Å². The van der Waals surface area contributed by atoms with E-state index in [0.717, 1.165) is 6.07 Å². The van der Waals surface area contributed by atoms with Gasteiger partial charge in [0.05, 0.1) is 0 Å². The molecule has 1 heterocycles. The first kappa shape index (κ1) is 15.2. The van der Waals surface area contributed by atoms with Crippen molar-refractivity contribution in [2.24, 2.45) is 0 Å². The van der Waals surface area contributed by atoms with Gasteiger partial charge in [-0.15, -0.1) is 0 Å². The maximum atomic E-state index is 12.6. The van der Waals surface area contributed by atoms with Gasteiger partial charge in [-0.05, 0) is 31.4 Å². The Morgan fingerprint density at radius 3 is 2.38 bits per heavy atom. The van der Waals surface area contributed by atoms with E-state index in [1.54, 1.807) is 0 Å². The minimum Gasteiger partial charge on any atom is -0.508 e. The van der Waals surface area contributed by atoms with Gasteiger partial charge in [0.1, 0.15) is 17.0 Å². The van der Waals surface area contributed by atoms with E-state index < -0.39 is 17.4 Å². The van der Waals surface area contributed by atoms with Crippen LogP contribution in [0.5, 0.6) is 11.5 Å². The number of aromatic hydroxyl groups is 2. The molecule has 1 aliphatic heterocycles. The zero-order valence-electron chi connectivity index (χ0n) is 11.9. The van der Waals surface area contributed by atoms with E-state index >= 15 is 0 Å². The van der Waals surface area contributed by atoms with E-state index in [1.807, 2.05) is 6.92 Å². The number of nitrogens with zero attached hydrogens (tertiary/aromatic N) is 1. The summed E-state index contributed by atoms with van der Waals surface area (Å²) in [6.07, 6.45) is 2.09. The molecule has 0 spiro atoms. The zero-order chi connectivity index (χ0) is 15.6. The molecule has 1 unspecified atom stereocenters. The zero-order valence-corrected chi connectivity index (χ0v) is 11.9. The molecule has 1 aromatic rings. The minimum atomic E-state index is -1.19. The fraction of sp³-hybridized carbons (Fsp3) is 0.467.